The Morgan fingerprint density at radius 3 is 2.67 bits per heavy atom. The van der Waals surface area contributed by atoms with Crippen LogP contribution in [0, 0.1) is 5.92 Å². The Morgan fingerprint density at radius 2 is 2.08 bits per heavy atom. The van der Waals surface area contributed by atoms with Crippen LogP contribution in [0.1, 0.15) is 45.9 Å². The van der Waals surface area contributed by atoms with Gasteiger partial charge in [-0.3, -0.25) is 4.99 Å². The Kier molecular flexibility index (Phi) is 9.83. The molecule has 1 aromatic rings. The lowest BCUT2D eigenvalue weighted by molar-refractivity contribution is 0.461. The molecule has 6 nitrogen and oxygen atoms in total. The zero-order valence-corrected chi connectivity index (χ0v) is 17.0. The van der Waals surface area contributed by atoms with Gasteiger partial charge in [0.15, 0.2) is 11.1 Å². The van der Waals surface area contributed by atoms with Crippen LogP contribution in [-0.2, 0) is 13.0 Å². The predicted octanol–water partition coefficient (Wildman–Crippen LogP) is 2.90. The van der Waals surface area contributed by atoms with Crippen LogP contribution in [-0.4, -0.2) is 59.1 Å². The summed E-state index contributed by atoms with van der Waals surface area (Å²) in [6, 6.07) is 0. The largest absolute Gasteiger partial charge is 0.356 e. The van der Waals surface area contributed by atoms with E-state index >= 15 is 0 Å². The van der Waals surface area contributed by atoms with Crippen molar-refractivity contribution in [3.63, 3.8) is 0 Å². The molecule has 0 saturated carbocycles. The summed E-state index contributed by atoms with van der Waals surface area (Å²) in [6.45, 7) is 9.58. The van der Waals surface area contributed by atoms with E-state index in [1.165, 1.54) is 12.8 Å². The van der Waals surface area contributed by atoms with E-state index in [9.17, 15) is 0 Å². The molecule has 1 aromatic heterocycles. The molecule has 0 saturated heterocycles. The van der Waals surface area contributed by atoms with Crippen LogP contribution in [0.15, 0.2) is 10.1 Å². The summed E-state index contributed by atoms with van der Waals surface area (Å²) in [5.41, 5.74) is 0. The quantitative estimate of drug-likeness (QED) is 0.303. The SMILES string of the molecule is CCCCN(C)C(=NC)NCCCc1nnc(SC)n1CC(C)C. The molecule has 0 aliphatic carbocycles. The molecular weight excluding hydrogens is 320 g/mol. The second kappa shape index (κ2) is 11.3. The fourth-order valence-electron chi connectivity index (χ4n) is 2.54. The zero-order valence-electron chi connectivity index (χ0n) is 16.2. The summed E-state index contributed by atoms with van der Waals surface area (Å²) >= 11 is 1.67. The van der Waals surface area contributed by atoms with E-state index in [1.54, 1.807) is 11.8 Å². The molecule has 1 heterocycles. The van der Waals surface area contributed by atoms with Crippen LogP contribution in [0.2, 0.25) is 0 Å². The monoisotopic (exact) mass is 354 g/mol. The summed E-state index contributed by atoms with van der Waals surface area (Å²) in [5, 5.41) is 13.1. The molecule has 0 radical (unpaired) electrons. The van der Waals surface area contributed by atoms with Crippen LogP contribution in [0.4, 0.5) is 0 Å². The highest BCUT2D eigenvalue weighted by molar-refractivity contribution is 7.98. The number of nitrogens with one attached hydrogen (secondary N) is 1. The van der Waals surface area contributed by atoms with Crippen molar-refractivity contribution in [1.82, 2.24) is 25.0 Å². The van der Waals surface area contributed by atoms with Gasteiger partial charge in [-0.15, -0.1) is 10.2 Å². The second-order valence-electron chi connectivity index (χ2n) is 6.46. The highest BCUT2D eigenvalue weighted by Gasteiger charge is 2.12. The first-order valence-electron chi connectivity index (χ1n) is 8.91. The molecule has 0 atom stereocenters. The summed E-state index contributed by atoms with van der Waals surface area (Å²) in [5.74, 6) is 2.65. The molecule has 7 heteroatoms. The topological polar surface area (TPSA) is 58.3 Å². The molecule has 1 N–H and O–H groups in total. The Morgan fingerprint density at radius 1 is 1.33 bits per heavy atom. The van der Waals surface area contributed by atoms with Gasteiger partial charge in [0.05, 0.1) is 0 Å². The number of rotatable bonds is 10. The fourth-order valence-corrected chi connectivity index (χ4v) is 3.06. The van der Waals surface area contributed by atoms with E-state index in [0.717, 1.165) is 49.4 Å². The van der Waals surface area contributed by atoms with E-state index in [-0.39, 0.29) is 0 Å². The van der Waals surface area contributed by atoms with E-state index in [0.29, 0.717) is 5.92 Å². The van der Waals surface area contributed by atoms with Crippen molar-refractivity contribution in [2.75, 3.05) is 33.4 Å². The first-order chi connectivity index (χ1) is 11.5. The maximum Gasteiger partial charge on any atom is 0.193 e. The van der Waals surface area contributed by atoms with Gasteiger partial charge in [0, 0.05) is 40.2 Å². The first-order valence-corrected chi connectivity index (χ1v) is 10.1. The van der Waals surface area contributed by atoms with Gasteiger partial charge in [0.25, 0.3) is 0 Å². The molecule has 0 amide bonds. The summed E-state index contributed by atoms with van der Waals surface area (Å²) in [7, 11) is 3.93. The van der Waals surface area contributed by atoms with E-state index in [2.05, 4.69) is 64.0 Å². The van der Waals surface area contributed by atoms with Crippen molar-refractivity contribution < 1.29 is 0 Å². The minimum absolute atomic E-state index is 0.592. The summed E-state index contributed by atoms with van der Waals surface area (Å²) in [4.78, 5) is 6.55. The lowest BCUT2D eigenvalue weighted by Crippen LogP contribution is -2.39. The Bertz CT molecular complexity index is 497. The van der Waals surface area contributed by atoms with Gasteiger partial charge < -0.3 is 14.8 Å². The number of aromatic nitrogens is 3. The van der Waals surface area contributed by atoms with Crippen LogP contribution < -0.4 is 5.32 Å². The van der Waals surface area contributed by atoms with Gasteiger partial charge in [0.2, 0.25) is 0 Å². The van der Waals surface area contributed by atoms with Gasteiger partial charge in [-0.1, -0.05) is 39.0 Å². The van der Waals surface area contributed by atoms with E-state index < -0.39 is 0 Å². The van der Waals surface area contributed by atoms with Gasteiger partial charge in [0.1, 0.15) is 5.82 Å². The number of thioether (sulfide) groups is 1. The van der Waals surface area contributed by atoms with Gasteiger partial charge in [-0.05, 0) is 25.0 Å². The number of hydrogen-bond acceptors (Lipinski definition) is 4. The molecule has 0 unspecified atom stereocenters. The maximum absolute atomic E-state index is 4.38. The van der Waals surface area contributed by atoms with Crippen LogP contribution in [0.3, 0.4) is 0 Å². The molecule has 0 aliphatic rings. The summed E-state index contributed by atoms with van der Waals surface area (Å²) in [6.07, 6.45) is 6.40. The number of unbranched alkanes of at least 4 members (excludes halogenated alkanes) is 1. The third-order valence-electron chi connectivity index (χ3n) is 3.80. The zero-order chi connectivity index (χ0) is 17.9. The Hall–Kier alpha value is -1.24. The molecule has 0 spiro atoms. The van der Waals surface area contributed by atoms with Crippen LogP contribution >= 0.6 is 11.8 Å². The number of nitrogens with zero attached hydrogens (tertiary/aromatic N) is 5. The fraction of sp³-hybridized carbons (Fsp3) is 0.824. The second-order valence-corrected chi connectivity index (χ2v) is 7.23. The standard InChI is InChI=1S/C17H34N6S/c1-7-8-12-22(5)16(18-4)19-11-9-10-15-20-21-17(24-6)23(15)13-14(2)3/h14H,7-13H2,1-6H3,(H,18,19). The highest BCUT2D eigenvalue weighted by Crippen LogP contribution is 2.16. The van der Waals surface area contributed by atoms with Crippen molar-refractivity contribution >= 4 is 17.7 Å². The third-order valence-corrected chi connectivity index (χ3v) is 4.47. The van der Waals surface area contributed by atoms with Crippen LogP contribution in [0.25, 0.3) is 0 Å². The summed E-state index contributed by atoms with van der Waals surface area (Å²) < 4.78 is 2.26. The molecule has 1 rings (SSSR count). The number of aryl methyl sites for hydroxylation is 1. The van der Waals surface area contributed by atoms with Crippen molar-refractivity contribution in [3.8, 4) is 0 Å². The van der Waals surface area contributed by atoms with E-state index in [1.807, 2.05) is 7.05 Å². The molecule has 0 aliphatic heterocycles. The molecule has 138 valence electrons. The number of aliphatic imine (C=N–C) groups is 1. The minimum atomic E-state index is 0.592. The smallest absolute Gasteiger partial charge is 0.193 e. The number of guanidine groups is 1. The van der Waals surface area contributed by atoms with Crippen LogP contribution in [0.5, 0.6) is 0 Å². The average molecular weight is 355 g/mol. The van der Waals surface area contributed by atoms with Gasteiger partial charge in [-0.2, -0.15) is 0 Å². The van der Waals surface area contributed by atoms with Crippen molar-refractivity contribution in [2.24, 2.45) is 10.9 Å². The molecule has 24 heavy (non-hydrogen) atoms. The van der Waals surface area contributed by atoms with E-state index in [4.69, 9.17) is 0 Å². The lowest BCUT2D eigenvalue weighted by Gasteiger charge is -2.21. The Labute approximate surface area is 151 Å². The van der Waals surface area contributed by atoms with Gasteiger partial charge >= 0.3 is 0 Å². The molecule has 0 bridgehead atoms. The van der Waals surface area contributed by atoms with Crippen molar-refractivity contribution in [1.29, 1.82) is 0 Å². The first kappa shape index (κ1) is 20.8. The third kappa shape index (κ3) is 6.71. The molecular formula is C17H34N6S. The van der Waals surface area contributed by atoms with Crippen molar-refractivity contribution in [2.45, 2.75) is 58.2 Å². The van der Waals surface area contributed by atoms with Gasteiger partial charge in [-0.25, -0.2) is 0 Å². The molecule has 0 aromatic carbocycles. The molecule has 0 fully saturated rings. The normalized spacial score (nSPS) is 12.0. The minimum Gasteiger partial charge on any atom is -0.356 e. The number of hydrogen-bond donors (Lipinski definition) is 1. The van der Waals surface area contributed by atoms with Crippen molar-refractivity contribution in [3.05, 3.63) is 5.82 Å². The Balaban J connectivity index is 2.48. The lowest BCUT2D eigenvalue weighted by atomic mass is 10.2. The predicted molar refractivity (Wildman–Crippen MR) is 104 cm³/mol. The highest BCUT2D eigenvalue weighted by atomic mass is 32.2. The average Bonchev–Trinajstić information content (AvgIpc) is 2.93. The maximum atomic E-state index is 4.38.